The van der Waals surface area contributed by atoms with E-state index in [1.54, 1.807) is 0 Å². The molecule has 3 fully saturated rings. The highest BCUT2D eigenvalue weighted by Crippen LogP contribution is 2.56. The number of halogens is 2. The summed E-state index contributed by atoms with van der Waals surface area (Å²) in [5.41, 5.74) is 9.22. The molecule has 4 aromatic heterocycles. The highest BCUT2D eigenvalue weighted by atomic mass is 32.5. The maximum absolute atomic E-state index is 15.9. The SMILES string of the molecule is Nc1nc2c(ncn2[C@@H]2O[C@H](CO[PH](O)=S)C(F)(F)[C@H]2OP(O)(=S)OC[C@@]23CO[C@@H]([C@H](n4cnc5c(N)ncnc54)O2)[C@@H]3O)c(=O)[nH]1. The molecule has 0 aromatic carbocycles. The third-order valence-corrected chi connectivity index (χ3v) is 10.1. The molecule has 0 saturated carbocycles. The maximum Gasteiger partial charge on any atom is 0.325 e. The zero-order chi connectivity index (χ0) is 33.5. The van der Waals surface area contributed by atoms with Gasteiger partial charge >= 0.3 is 12.6 Å². The summed E-state index contributed by atoms with van der Waals surface area (Å²) in [6.07, 6.45) is -5.96. The number of nitrogens with one attached hydrogen (secondary N) is 1. The Bertz CT molecular complexity index is 2000. The second kappa shape index (κ2) is 11.7. The first kappa shape index (κ1) is 32.8. The van der Waals surface area contributed by atoms with Crippen LogP contribution in [0.1, 0.15) is 12.5 Å². The molecular formula is C21H24F2N10O10P2S2. The quantitative estimate of drug-likeness (QED) is 0.104. The number of hydrogen-bond donors (Lipinski definition) is 6. The number of alkyl halides is 2. The van der Waals surface area contributed by atoms with Crippen molar-refractivity contribution in [2.75, 3.05) is 31.3 Å². The molecule has 3 saturated heterocycles. The Morgan fingerprint density at radius 3 is 2.64 bits per heavy atom. The van der Waals surface area contributed by atoms with E-state index in [-0.39, 0.29) is 35.1 Å². The lowest BCUT2D eigenvalue weighted by atomic mass is 10.0. The second-order valence-electron chi connectivity index (χ2n) is 10.7. The molecule has 3 aliphatic rings. The van der Waals surface area contributed by atoms with Crippen LogP contribution in [0.25, 0.3) is 22.3 Å². The van der Waals surface area contributed by atoms with Crippen molar-refractivity contribution in [2.24, 2.45) is 0 Å². The van der Waals surface area contributed by atoms with Gasteiger partial charge in [0.05, 0.1) is 32.5 Å². The number of aliphatic hydroxyl groups is 1. The molecule has 0 aliphatic carbocycles. The van der Waals surface area contributed by atoms with Crippen molar-refractivity contribution in [3.05, 3.63) is 29.3 Å². The molecule has 47 heavy (non-hydrogen) atoms. The van der Waals surface area contributed by atoms with Crippen LogP contribution in [0.2, 0.25) is 0 Å². The number of nitrogen functional groups attached to an aromatic ring is 2. The summed E-state index contributed by atoms with van der Waals surface area (Å²) >= 11 is 9.72. The van der Waals surface area contributed by atoms with Crippen molar-refractivity contribution in [3.63, 3.8) is 0 Å². The normalized spacial score (nSPS) is 31.9. The number of aromatic nitrogens is 8. The van der Waals surface area contributed by atoms with Crippen LogP contribution in [0, 0.1) is 0 Å². The number of fused-ring (bicyclic) bond motifs is 4. The fraction of sp³-hybridized carbons (Fsp3) is 0.524. The monoisotopic (exact) mass is 740 g/mol. The molecule has 0 radical (unpaired) electrons. The van der Waals surface area contributed by atoms with Crippen molar-refractivity contribution < 1.29 is 51.5 Å². The lowest BCUT2D eigenvalue weighted by Gasteiger charge is -2.33. The Morgan fingerprint density at radius 1 is 1.17 bits per heavy atom. The van der Waals surface area contributed by atoms with Crippen LogP contribution in [-0.2, 0) is 51.4 Å². The molecule has 0 spiro atoms. The number of aromatic amines is 1. The maximum atomic E-state index is 15.9. The van der Waals surface area contributed by atoms with Gasteiger partial charge in [0.1, 0.15) is 29.7 Å². The highest BCUT2D eigenvalue weighted by Gasteiger charge is 2.64. The topological polar surface area (TPSA) is 275 Å². The van der Waals surface area contributed by atoms with Crippen molar-refractivity contribution >= 4 is 71.6 Å². The number of aliphatic hydroxyl groups excluding tert-OH is 1. The van der Waals surface area contributed by atoms with Crippen LogP contribution < -0.4 is 17.0 Å². The number of nitrogens with zero attached hydrogens (tertiary/aromatic N) is 7. The average Bonchev–Trinajstić information content (AvgIpc) is 3.80. The van der Waals surface area contributed by atoms with E-state index in [4.69, 9.17) is 51.1 Å². The van der Waals surface area contributed by atoms with Crippen molar-refractivity contribution in [1.82, 2.24) is 39.0 Å². The smallest absolute Gasteiger partial charge is 0.325 e. The summed E-state index contributed by atoms with van der Waals surface area (Å²) in [4.78, 5) is 55.2. The molecule has 4 aromatic rings. The first-order chi connectivity index (χ1) is 22.2. The average molecular weight is 741 g/mol. The largest absolute Gasteiger partial charge is 0.387 e. The molecule has 8 N–H and O–H groups in total. The van der Waals surface area contributed by atoms with E-state index >= 15 is 8.78 Å². The fourth-order valence-electron chi connectivity index (χ4n) is 5.62. The van der Waals surface area contributed by atoms with Gasteiger partial charge in [-0.05, 0) is 23.6 Å². The summed E-state index contributed by atoms with van der Waals surface area (Å²) in [5.74, 6) is -4.19. The van der Waals surface area contributed by atoms with Gasteiger partial charge in [-0.3, -0.25) is 23.4 Å². The van der Waals surface area contributed by atoms with Crippen LogP contribution in [0.4, 0.5) is 20.5 Å². The molecule has 254 valence electrons. The summed E-state index contributed by atoms with van der Waals surface area (Å²) in [5, 5.41) is 11.1. The van der Waals surface area contributed by atoms with Crippen LogP contribution in [0.5, 0.6) is 0 Å². The molecule has 2 bridgehead atoms. The van der Waals surface area contributed by atoms with Gasteiger partial charge in [-0.15, -0.1) is 0 Å². The number of nitrogens with two attached hydrogens (primary N) is 2. The first-order valence-corrected chi connectivity index (χ1v) is 18.5. The third-order valence-electron chi connectivity index (χ3n) is 7.84. The van der Waals surface area contributed by atoms with Crippen LogP contribution in [0.3, 0.4) is 0 Å². The molecule has 7 rings (SSSR count). The highest BCUT2D eigenvalue weighted by molar-refractivity contribution is 8.07. The summed E-state index contributed by atoms with van der Waals surface area (Å²) in [7, 11) is -2.82. The van der Waals surface area contributed by atoms with Gasteiger partial charge < -0.3 is 49.6 Å². The number of rotatable bonds is 10. The van der Waals surface area contributed by atoms with Crippen LogP contribution >= 0.6 is 13.9 Å². The summed E-state index contributed by atoms with van der Waals surface area (Å²) < 4.78 is 67.3. The van der Waals surface area contributed by atoms with E-state index in [1.165, 1.54) is 17.2 Å². The third kappa shape index (κ3) is 5.56. The van der Waals surface area contributed by atoms with Gasteiger partial charge in [-0.2, -0.15) is 4.98 Å². The molecule has 2 unspecified atom stereocenters. The summed E-state index contributed by atoms with van der Waals surface area (Å²) in [6.45, 7) is -6.35. The lowest BCUT2D eigenvalue weighted by Crippen LogP contribution is -2.45. The van der Waals surface area contributed by atoms with E-state index in [2.05, 4.69) is 41.7 Å². The van der Waals surface area contributed by atoms with Gasteiger partial charge in [0.2, 0.25) is 5.95 Å². The fourth-order valence-corrected chi connectivity index (χ4v) is 7.53. The van der Waals surface area contributed by atoms with E-state index in [1.807, 2.05) is 0 Å². The second-order valence-corrected chi connectivity index (χ2v) is 15.3. The Morgan fingerprint density at radius 2 is 1.89 bits per heavy atom. The molecule has 20 nitrogen and oxygen atoms in total. The minimum absolute atomic E-state index is 0.117. The molecule has 9 atom stereocenters. The summed E-state index contributed by atoms with van der Waals surface area (Å²) in [6, 6.07) is 0. The van der Waals surface area contributed by atoms with Gasteiger partial charge in [0, 0.05) is 0 Å². The standard InChI is InChI=1S/C21H24F2N10O10P2S2/c22-21(23)7(1-39-44(36)46)41-18(33-6-29-9-15(33)30-19(25)31-16(9)35)12(21)43-45(37,47)40-3-20-2-38-10(11(20)34)17(42-20)32-5-28-8-13(24)26-4-27-14(8)32/h4-7,10-12,17-18,34,44H,1-3H2,(H,36,46)(H,37,47)(H2,24,26,27)(H3,25,30,31,35)/t7-,10-,11+,12+,17-,18-,20-,45?/m1/s1. The predicted octanol–water partition coefficient (Wildman–Crippen LogP) is -1.18. The van der Waals surface area contributed by atoms with E-state index in [9.17, 15) is 19.7 Å². The van der Waals surface area contributed by atoms with E-state index in [0.29, 0.717) is 5.65 Å². The van der Waals surface area contributed by atoms with E-state index in [0.717, 1.165) is 10.9 Å². The minimum Gasteiger partial charge on any atom is -0.387 e. The van der Waals surface area contributed by atoms with Gasteiger partial charge in [-0.25, -0.2) is 28.7 Å². The van der Waals surface area contributed by atoms with Crippen LogP contribution in [-0.4, -0.2) is 110 Å². The molecule has 7 heterocycles. The number of anilines is 2. The predicted molar refractivity (Wildman–Crippen MR) is 161 cm³/mol. The number of imidazole rings is 2. The minimum atomic E-state index is -4.63. The lowest BCUT2D eigenvalue weighted by molar-refractivity contribution is -0.184. The van der Waals surface area contributed by atoms with Crippen LogP contribution in [0.15, 0.2) is 23.8 Å². The zero-order valence-electron chi connectivity index (χ0n) is 23.3. The number of hydrogen-bond acceptors (Lipinski definition) is 17. The van der Waals surface area contributed by atoms with Crippen molar-refractivity contribution in [2.45, 2.75) is 48.4 Å². The molecule has 26 heteroatoms. The van der Waals surface area contributed by atoms with Gasteiger partial charge in [0.15, 0.2) is 54.4 Å². The molecular weight excluding hydrogens is 716 g/mol. The zero-order valence-corrected chi connectivity index (χ0v) is 26.8. The Hall–Kier alpha value is -2.70. The molecule has 3 aliphatic heterocycles. The van der Waals surface area contributed by atoms with Gasteiger partial charge in [0.25, 0.3) is 5.56 Å². The van der Waals surface area contributed by atoms with Gasteiger partial charge in [-0.1, -0.05) is 0 Å². The van der Waals surface area contributed by atoms with Crippen molar-refractivity contribution in [3.8, 4) is 0 Å². The Balaban J connectivity index is 1.14. The Labute approximate surface area is 270 Å². The Kier molecular flexibility index (Phi) is 8.19. The number of H-pyrrole nitrogens is 1. The first-order valence-electron chi connectivity index (χ1n) is 13.4. The molecule has 0 amide bonds. The van der Waals surface area contributed by atoms with E-state index < -0.39 is 81.0 Å². The number of ether oxygens (including phenoxy) is 3. The van der Waals surface area contributed by atoms with Crippen molar-refractivity contribution in [1.29, 1.82) is 0 Å².